The summed E-state index contributed by atoms with van der Waals surface area (Å²) in [5.74, 6) is 0.622. The predicted molar refractivity (Wildman–Crippen MR) is 114 cm³/mol. The van der Waals surface area contributed by atoms with E-state index >= 15 is 0 Å². The Morgan fingerprint density at radius 1 is 0.897 bits per heavy atom. The van der Waals surface area contributed by atoms with Crippen LogP contribution in [0.2, 0.25) is 0 Å². The first-order valence-corrected chi connectivity index (χ1v) is 10.6. The number of carbonyl (C=O) groups excluding carboxylic acids is 1. The van der Waals surface area contributed by atoms with Crippen LogP contribution in [0.25, 0.3) is 0 Å². The van der Waals surface area contributed by atoms with Crippen molar-refractivity contribution in [3.63, 3.8) is 0 Å². The first kappa shape index (κ1) is 20.4. The van der Waals surface area contributed by atoms with Crippen LogP contribution in [0.15, 0.2) is 83.8 Å². The summed E-state index contributed by atoms with van der Waals surface area (Å²) in [6.07, 6.45) is 0.905. The lowest BCUT2D eigenvalue weighted by Crippen LogP contribution is -2.14. The molecule has 0 fully saturated rings. The molecule has 0 radical (unpaired) electrons. The van der Waals surface area contributed by atoms with Gasteiger partial charge in [-0.2, -0.15) is 0 Å². The lowest BCUT2D eigenvalue weighted by Gasteiger charge is -2.10. The van der Waals surface area contributed by atoms with Gasteiger partial charge in [0.1, 0.15) is 5.75 Å². The minimum absolute atomic E-state index is 0.149. The maximum Gasteiger partial charge on any atom is 0.261 e. The summed E-state index contributed by atoms with van der Waals surface area (Å²) < 4.78 is 32.5. The molecule has 1 amide bonds. The standard InChI is InChI=1S/C22H22N2O4S/c1-28-20-13-10-17(11-14-20)12-15-22(25)23-18-6-5-7-19(16-18)24-29(26,27)21-8-3-2-4-9-21/h2-11,13-14,16,24H,12,15H2,1H3,(H,23,25). The van der Waals surface area contributed by atoms with E-state index in [-0.39, 0.29) is 10.8 Å². The molecule has 3 rings (SSSR count). The average molecular weight is 410 g/mol. The second kappa shape index (κ2) is 9.25. The van der Waals surface area contributed by atoms with Crippen LogP contribution in [0.1, 0.15) is 12.0 Å². The number of amides is 1. The van der Waals surface area contributed by atoms with Crippen LogP contribution in [0, 0.1) is 0 Å². The second-order valence-electron chi connectivity index (χ2n) is 6.40. The second-order valence-corrected chi connectivity index (χ2v) is 8.08. The Morgan fingerprint density at radius 3 is 2.28 bits per heavy atom. The largest absolute Gasteiger partial charge is 0.497 e. The summed E-state index contributed by atoms with van der Waals surface area (Å²) in [6, 6.07) is 22.3. The van der Waals surface area contributed by atoms with Crippen molar-refractivity contribution < 1.29 is 17.9 Å². The summed E-state index contributed by atoms with van der Waals surface area (Å²) in [5, 5.41) is 2.80. The van der Waals surface area contributed by atoms with Gasteiger partial charge in [0, 0.05) is 12.1 Å². The Hall–Kier alpha value is -3.32. The minimum atomic E-state index is -3.68. The Balaban J connectivity index is 1.59. The van der Waals surface area contributed by atoms with Gasteiger partial charge >= 0.3 is 0 Å². The Kier molecular flexibility index (Phi) is 6.51. The molecule has 0 saturated carbocycles. The van der Waals surface area contributed by atoms with Crippen LogP contribution < -0.4 is 14.8 Å². The first-order valence-electron chi connectivity index (χ1n) is 9.07. The Bertz CT molecular complexity index is 1070. The molecule has 0 unspecified atom stereocenters. The zero-order valence-corrected chi connectivity index (χ0v) is 16.8. The van der Waals surface area contributed by atoms with Crippen LogP contribution in [0.4, 0.5) is 11.4 Å². The monoisotopic (exact) mass is 410 g/mol. The molecule has 0 aliphatic heterocycles. The van der Waals surface area contributed by atoms with Crippen molar-refractivity contribution in [2.24, 2.45) is 0 Å². The van der Waals surface area contributed by atoms with Crippen molar-refractivity contribution in [2.75, 3.05) is 17.1 Å². The molecular formula is C22H22N2O4S. The molecule has 150 valence electrons. The van der Waals surface area contributed by atoms with E-state index in [4.69, 9.17) is 4.74 Å². The van der Waals surface area contributed by atoms with Gasteiger partial charge in [0.25, 0.3) is 10.0 Å². The number of benzene rings is 3. The van der Waals surface area contributed by atoms with Gasteiger partial charge < -0.3 is 10.1 Å². The normalized spacial score (nSPS) is 10.9. The van der Waals surface area contributed by atoms with Crippen LogP contribution in [-0.4, -0.2) is 21.4 Å². The van der Waals surface area contributed by atoms with Crippen LogP contribution in [-0.2, 0) is 21.2 Å². The molecule has 0 saturated heterocycles. The topological polar surface area (TPSA) is 84.5 Å². The molecule has 0 heterocycles. The van der Waals surface area contributed by atoms with E-state index in [1.54, 1.807) is 49.6 Å². The fourth-order valence-electron chi connectivity index (χ4n) is 2.75. The van der Waals surface area contributed by atoms with Gasteiger partial charge in [-0.25, -0.2) is 8.42 Å². The van der Waals surface area contributed by atoms with Gasteiger partial charge in [0.15, 0.2) is 0 Å². The van der Waals surface area contributed by atoms with Crippen molar-refractivity contribution in [3.8, 4) is 5.75 Å². The van der Waals surface area contributed by atoms with E-state index in [1.165, 1.54) is 12.1 Å². The summed E-state index contributed by atoms with van der Waals surface area (Å²) in [7, 11) is -2.08. The zero-order valence-electron chi connectivity index (χ0n) is 16.0. The number of hydrogen-bond acceptors (Lipinski definition) is 4. The number of hydrogen-bond donors (Lipinski definition) is 2. The molecule has 29 heavy (non-hydrogen) atoms. The summed E-state index contributed by atoms with van der Waals surface area (Å²) in [4.78, 5) is 12.4. The zero-order chi connectivity index (χ0) is 20.7. The van der Waals surface area contributed by atoms with Gasteiger partial charge in [-0.1, -0.05) is 36.4 Å². The molecule has 0 spiro atoms. The third-order valence-electron chi connectivity index (χ3n) is 4.25. The van der Waals surface area contributed by atoms with Crippen molar-refractivity contribution in [3.05, 3.63) is 84.4 Å². The van der Waals surface area contributed by atoms with E-state index in [0.29, 0.717) is 24.2 Å². The van der Waals surface area contributed by atoms with Gasteiger partial charge in [0.2, 0.25) is 5.91 Å². The fraction of sp³-hybridized carbons (Fsp3) is 0.136. The number of aryl methyl sites for hydroxylation is 1. The van der Waals surface area contributed by atoms with E-state index in [9.17, 15) is 13.2 Å². The molecule has 0 bridgehead atoms. The van der Waals surface area contributed by atoms with E-state index in [2.05, 4.69) is 10.0 Å². The molecule has 6 nitrogen and oxygen atoms in total. The Labute approximate surface area is 170 Å². The molecule has 0 aliphatic rings. The predicted octanol–water partition coefficient (Wildman–Crippen LogP) is 4.07. The van der Waals surface area contributed by atoms with Crippen molar-refractivity contribution in [1.29, 1.82) is 0 Å². The van der Waals surface area contributed by atoms with Gasteiger partial charge in [-0.15, -0.1) is 0 Å². The highest BCUT2D eigenvalue weighted by molar-refractivity contribution is 7.92. The van der Waals surface area contributed by atoms with E-state index < -0.39 is 10.0 Å². The number of nitrogens with one attached hydrogen (secondary N) is 2. The number of carbonyl (C=O) groups is 1. The lowest BCUT2D eigenvalue weighted by atomic mass is 10.1. The maximum absolute atomic E-state index is 12.4. The molecule has 0 aliphatic carbocycles. The number of anilines is 2. The number of rotatable bonds is 8. The van der Waals surface area contributed by atoms with Crippen LogP contribution in [0.5, 0.6) is 5.75 Å². The fourth-order valence-corrected chi connectivity index (χ4v) is 3.82. The molecule has 3 aromatic carbocycles. The highest BCUT2D eigenvalue weighted by Crippen LogP contribution is 2.20. The van der Waals surface area contributed by atoms with Crippen molar-refractivity contribution >= 4 is 27.3 Å². The molecular weight excluding hydrogens is 388 g/mol. The summed E-state index contributed by atoms with van der Waals surface area (Å²) >= 11 is 0. The van der Waals surface area contributed by atoms with E-state index in [1.807, 2.05) is 24.3 Å². The van der Waals surface area contributed by atoms with Gasteiger partial charge in [-0.05, 0) is 54.4 Å². The average Bonchev–Trinajstić information content (AvgIpc) is 2.73. The van der Waals surface area contributed by atoms with Gasteiger partial charge in [0.05, 0.1) is 17.7 Å². The quantitative estimate of drug-likeness (QED) is 0.586. The number of sulfonamides is 1. The SMILES string of the molecule is COc1ccc(CCC(=O)Nc2cccc(NS(=O)(=O)c3ccccc3)c2)cc1. The highest BCUT2D eigenvalue weighted by Gasteiger charge is 2.13. The molecule has 0 atom stereocenters. The number of methoxy groups -OCH3 is 1. The Morgan fingerprint density at radius 2 is 1.59 bits per heavy atom. The van der Waals surface area contributed by atoms with Crippen LogP contribution in [0.3, 0.4) is 0 Å². The highest BCUT2D eigenvalue weighted by atomic mass is 32.2. The van der Waals surface area contributed by atoms with Crippen molar-refractivity contribution in [2.45, 2.75) is 17.7 Å². The third-order valence-corrected chi connectivity index (χ3v) is 5.65. The minimum Gasteiger partial charge on any atom is -0.497 e. The molecule has 0 aromatic heterocycles. The smallest absolute Gasteiger partial charge is 0.261 e. The van der Waals surface area contributed by atoms with Crippen molar-refractivity contribution in [1.82, 2.24) is 0 Å². The molecule has 7 heteroatoms. The summed E-state index contributed by atoms with van der Waals surface area (Å²) in [6.45, 7) is 0. The lowest BCUT2D eigenvalue weighted by molar-refractivity contribution is -0.116. The molecule has 3 aromatic rings. The molecule has 2 N–H and O–H groups in total. The summed E-state index contributed by atoms with van der Waals surface area (Å²) in [5.41, 5.74) is 1.94. The third kappa shape index (κ3) is 5.83. The first-order chi connectivity index (χ1) is 14.0. The van der Waals surface area contributed by atoms with E-state index in [0.717, 1.165) is 11.3 Å². The number of ether oxygens (including phenoxy) is 1. The maximum atomic E-state index is 12.4. The van der Waals surface area contributed by atoms with Crippen LogP contribution >= 0.6 is 0 Å². The van der Waals surface area contributed by atoms with Gasteiger partial charge in [-0.3, -0.25) is 9.52 Å².